The van der Waals surface area contributed by atoms with E-state index in [1.807, 2.05) is 0 Å². The molecule has 0 amide bonds. The lowest BCUT2D eigenvalue weighted by Crippen LogP contribution is -2.43. The van der Waals surface area contributed by atoms with Crippen LogP contribution in [0.15, 0.2) is 0 Å². The van der Waals surface area contributed by atoms with Crippen LogP contribution in [0.1, 0.15) is 25.7 Å². The van der Waals surface area contributed by atoms with Gasteiger partial charge in [0.1, 0.15) is 5.78 Å². The molecule has 0 unspecified atom stereocenters. The van der Waals surface area contributed by atoms with Gasteiger partial charge in [-0.1, -0.05) is 0 Å². The molecule has 0 aromatic carbocycles. The molecule has 2 aliphatic rings. The van der Waals surface area contributed by atoms with E-state index in [1.165, 1.54) is 0 Å². The molecule has 1 aliphatic carbocycles. The number of ether oxygens (including phenoxy) is 1. The average Bonchev–Trinajstić information content (AvgIpc) is 2.13. The lowest BCUT2D eigenvalue weighted by Gasteiger charge is -2.34. The second-order valence-electron chi connectivity index (χ2n) is 4.22. The van der Waals surface area contributed by atoms with Gasteiger partial charge in [-0.25, -0.2) is 0 Å². The first kappa shape index (κ1) is 9.16. The van der Waals surface area contributed by atoms with E-state index in [1.54, 1.807) is 0 Å². The fourth-order valence-corrected chi connectivity index (χ4v) is 2.21. The molecular formula is C10H17NO2. The van der Waals surface area contributed by atoms with Crippen molar-refractivity contribution in [3.8, 4) is 0 Å². The molecule has 74 valence electrons. The molecule has 3 nitrogen and oxygen atoms in total. The van der Waals surface area contributed by atoms with Crippen LogP contribution in [0.2, 0.25) is 0 Å². The normalized spacial score (nSPS) is 35.5. The van der Waals surface area contributed by atoms with Crippen LogP contribution in [0.25, 0.3) is 0 Å². The van der Waals surface area contributed by atoms with Crippen LogP contribution in [0.4, 0.5) is 0 Å². The molecule has 0 aromatic heterocycles. The molecule has 13 heavy (non-hydrogen) atoms. The number of rotatable bonds is 2. The Labute approximate surface area is 78.6 Å². The highest BCUT2D eigenvalue weighted by Crippen LogP contribution is 2.31. The summed E-state index contributed by atoms with van der Waals surface area (Å²) >= 11 is 0. The van der Waals surface area contributed by atoms with Crippen molar-refractivity contribution < 1.29 is 9.53 Å². The third-order valence-electron chi connectivity index (χ3n) is 3.20. The van der Waals surface area contributed by atoms with Gasteiger partial charge in [-0.2, -0.15) is 0 Å². The first-order valence-electron chi connectivity index (χ1n) is 5.14. The monoisotopic (exact) mass is 183 g/mol. The van der Waals surface area contributed by atoms with Gasteiger partial charge < -0.3 is 10.5 Å². The fourth-order valence-electron chi connectivity index (χ4n) is 2.21. The van der Waals surface area contributed by atoms with Crippen LogP contribution in [-0.4, -0.2) is 25.0 Å². The number of Topliss-reactive ketones (excluding diaryl/α,β-unsaturated/α-hetero) is 1. The van der Waals surface area contributed by atoms with Crippen molar-refractivity contribution in [3.05, 3.63) is 0 Å². The van der Waals surface area contributed by atoms with E-state index in [0.29, 0.717) is 5.78 Å². The second-order valence-corrected chi connectivity index (χ2v) is 4.22. The molecule has 1 saturated carbocycles. The van der Waals surface area contributed by atoms with Gasteiger partial charge in [0.2, 0.25) is 0 Å². The Hall–Kier alpha value is -0.410. The van der Waals surface area contributed by atoms with Gasteiger partial charge in [0.05, 0.1) is 0 Å². The number of carbonyl (C=O) groups excluding carboxylic acids is 1. The molecule has 2 fully saturated rings. The predicted molar refractivity (Wildman–Crippen MR) is 49.2 cm³/mol. The summed E-state index contributed by atoms with van der Waals surface area (Å²) in [6.45, 7) is 1.52. The highest BCUT2D eigenvalue weighted by Gasteiger charge is 2.36. The minimum atomic E-state index is 0.270. The Balaban J connectivity index is 1.82. The molecule has 0 radical (unpaired) electrons. The van der Waals surface area contributed by atoms with E-state index in [4.69, 9.17) is 10.5 Å². The molecular weight excluding hydrogens is 166 g/mol. The Bertz CT molecular complexity index is 193. The van der Waals surface area contributed by atoms with Crippen molar-refractivity contribution in [1.82, 2.24) is 0 Å². The SMILES string of the molecule is NC1CC(C(=O)C2CCOCC2)C1. The van der Waals surface area contributed by atoms with Gasteiger partial charge in [-0.15, -0.1) is 0 Å². The summed E-state index contributed by atoms with van der Waals surface area (Å²) in [5.41, 5.74) is 5.66. The zero-order chi connectivity index (χ0) is 9.26. The van der Waals surface area contributed by atoms with Crippen molar-refractivity contribution >= 4 is 5.78 Å². The molecule has 0 spiro atoms. The lowest BCUT2D eigenvalue weighted by atomic mass is 9.73. The van der Waals surface area contributed by atoms with E-state index in [9.17, 15) is 4.79 Å². The van der Waals surface area contributed by atoms with Gasteiger partial charge in [0.25, 0.3) is 0 Å². The van der Waals surface area contributed by atoms with Gasteiger partial charge in [0.15, 0.2) is 0 Å². The number of nitrogens with two attached hydrogens (primary N) is 1. The van der Waals surface area contributed by atoms with Crippen LogP contribution in [0.3, 0.4) is 0 Å². The first-order valence-corrected chi connectivity index (χ1v) is 5.14. The zero-order valence-electron chi connectivity index (χ0n) is 7.87. The first-order chi connectivity index (χ1) is 6.27. The second kappa shape index (κ2) is 3.76. The van der Waals surface area contributed by atoms with Crippen molar-refractivity contribution in [2.45, 2.75) is 31.7 Å². The third-order valence-corrected chi connectivity index (χ3v) is 3.20. The van der Waals surface area contributed by atoms with Crippen LogP contribution < -0.4 is 5.73 Å². The van der Waals surface area contributed by atoms with Gasteiger partial charge in [0, 0.05) is 31.1 Å². The van der Waals surface area contributed by atoms with E-state index < -0.39 is 0 Å². The molecule has 1 saturated heterocycles. The summed E-state index contributed by atoms with van der Waals surface area (Å²) in [7, 11) is 0. The van der Waals surface area contributed by atoms with E-state index in [-0.39, 0.29) is 17.9 Å². The Morgan fingerprint density at radius 2 is 1.77 bits per heavy atom. The van der Waals surface area contributed by atoms with Gasteiger partial charge >= 0.3 is 0 Å². The number of ketones is 1. The van der Waals surface area contributed by atoms with Crippen LogP contribution in [-0.2, 0) is 9.53 Å². The molecule has 0 bridgehead atoms. The Morgan fingerprint density at radius 1 is 1.15 bits per heavy atom. The predicted octanol–water partition coefficient (Wildman–Crippen LogP) is 0.719. The summed E-state index contributed by atoms with van der Waals surface area (Å²) in [4.78, 5) is 11.8. The number of carbonyl (C=O) groups is 1. The van der Waals surface area contributed by atoms with Crippen molar-refractivity contribution in [3.63, 3.8) is 0 Å². The Kier molecular flexibility index (Phi) is 2.65. The van der Waals surface area contributed by atoms with E-state index in [0.717, 1.165) is 38.9 Å². The molecule has 1 heterocycles. The molecule has 0 atom stereocenters. The van der Waals surface area contributed by atoms with Crippen LogP contribution in [0, 0.1) is 11.8 Å². The molecule has 1 aliphatic heterocycles. The summed E-state index contributed by atoms with van der Waals surface area (Å²) in [6, 6.07) is 0.286. The molecule has 2 N–H and O–H groups in total. The average molecular weight is 183 g/mol. The maximum atomic E-state index is 11.8. The Morgan fingerprint density at radius 3 is 2.31 bits per heavy atom. The smallest absolute Gasteiger partial charge is 0.139 e. The largest absolute Gasteiger partial charge is 0.381 e. The summed E-state index contributed by atoms with van der Waals surface area (Å²) in [6.07, 6.45) is 3.67. The molecule has 2 rings (SSSR count). The minimum Gasteiger partial charge on any atom is -0.381 e. The third kappa shape index (κ3) is 1.92. The molecule has 3 heteroatoms. The highest BCUT2D eigenvalue weighted by molar-refractivity contribution is 5.84. The summed E-state index contributed by atoms with van der Waals surface area (Å²) in [5.74, 6) is 0.995. The van der Waals surface area contributed by atoms with E-state index in [2.05, 4.69) is 0 Å². The zero-order valence-corrected chi connectivity index (χ0v) is 7.87. The fraction of sp³-hybridized carbons (Fsp3) is 0.900. The topological polar surface area (TPSA) is 52.3 Å². The van der Waals surface area contributed by atoms with Crippen molar-refractivity contribution in [1.29, 1.82) is 0 Å². The van der Waals surface area contributed by atoms with E-state index >= 15 is 0 Å². The van der Waals surface area contributed by atoms with Gasteiger partial charge in [-0.05, 0) is 25.7 Å². The van der Waals surface area contributed by atoms with Crippen molar-refractivity contribution in [2.24, 2.45) is 17.6 Å². The minimum absolute atomic E-state index is 0.270. The lowest BCUT2D eigenvalue weighted by molar-refractivity contribution is -0.132. The maximum absolute atomic E-state index is 11.8. The standard InChI is InChI=1S/C10H17NO2/c11-9-5-8(6-9)10(12)7-1-3-13-4-2-7/h7-9H,1-6,11H2. The van der Waals surface area contributed by atoms with Crippen LogP contribution >= 0.6 is 0 Å². The summed E-state index contributed by atoms with van der Waals surface area (Å²) in [5, 5.41) is 0. The number of hydrogen-bond acceptors (Lipinski definition) is 3. The van der Waals surface area contributed by atoms with Gasteiger partial charge in [-0.3, -0.25) is 4.79 Å². The van der Waals surface area contributed by atoms with Crippen LogP contribution in [0.5, 0.6) is 0 Å². The van der Waals surface area contributed by atoms with Crippen molar-refractivity contribution in [2.75, 3.05) is 13.2 Å². The molecule has 0 aromatic rings. The quantitative estimate of drug-likeness (QED) is 0.686. The maximum Gasteiger partial charge on any atom is 0.139 e. The number of hydrogen-bond donors (Lipinski definition) is 1. The summed E-state index contributed by atoms with van der Waals surface area (Å²) < 4.78 is 5.23. The highest BCUT2D eigenvalue weighted by atomic mass is 16.5.